The second-order valence-electron chi connectivity index (χ2n) is 5.00. The molecule has 0 radical (unpaired) electrons. The molecular weight excluding hydrogens is 334 g/mol. The second kappa shape index (κ2) is 6.89. The number of carbonyl (C=O) groups is 1. The van der Waals surface area contributed by atoms with E-state index >= 15 is 0 Å². The lowest BCUT2D eigenvalue weighted by molar-refractivity contribution is 0.0921. The number of nitrogens with zero attached hydrogens (tertiary/aromatic N) is 1. The van der Waals surface area contributed by atoms with Crippen LogP contribution in [0, 0.1) is 6.92 Å². The highest BCUT2D eigenvalue weighted by atomic mass is 79.9. The van der Waals surface area contributed by atoms with E-state index in [0.717, 1.165) is 22.3 Å². The number of rotatable bonds is 5. The number of aryl methyl sites for hydroxylation is 1. The number of carbonyl (C=O) groups excluding carboxylic acids is 1. The van der Waals surface area contributed by atoms with Gasteiger partial charge in [-0.3, -0.25) is 15.1 Å². The predicted molar refractivity (Wildman–Crippen MR) is 84.4 cm³/mol. The van der Waals surface area contributed by atoms with E-state index in [2.05, 4.69) is 38.4 Å². The van der Waals surface area contributed by atoms with Gasteiger partial charge in [-0.05, 0) is 37.7 Å². The van der Waals surface area contributed by atoms with Crippen molar-refractivity contribution in [2.24, 2.45) is 5.84 Å². The molecule has 0 aliphatic rings. The van der Waals surface area contributed by atoms with Crippen molar-refractivity contribution in [2.75, 3.05) is 7.05 Å². The maximum Gasteiger partial charge on any atom is 0.301 e. The first kappa shape index (κ1) is 15.8. The fourth-order valence-corrected chi connectivity index (χ4v) is 2.40. The zero-order chi connectivity index (χ0) is 15.4. The summed E-state index contributed by atoms with van der Waals surface area (Å²) in [4.78, 5) is 13.6. The molecule has 2 aromatic rings. The number of furan rings is 1. The fourth-order valence-electron chi connectivity index (χ4n) is 2.14. The van der Waals surface area contributed by atoms with Crippen LogP contribution in [0.1, 0.15) is 27.4 Å². The molecule has 21 heavy (non-hydrogen) atoms. The fraction of sp³-hybridized carbons (Fsp3) is 0.267. The largest absolute Gasteiger partial charge is 0.454 e. The number of amides is 1. The summed E-state index contributed by atoms with van der Waals surface area (Å²) in [6.07, 6.45) is 0. The number of nitrogens with one attached hydrogen (secondary N) is 1. The first-order valence-corrected chi connectivity index (χ1v) is 7.32. The van der Waals surface area contributed by atoms with Crippen LogP contribution in [0.3, 0.4) is 0 Å². The Morgan fingerprint density at radius 2 is 2.00 bits per heavy atom. The summed E-state index contributed by atoms with van der Waals surface area (Å²) in [7, 11) is 2.00. The van der Waals surface area contributed by atoms with Crippen LogP contribution >= 0.6 is 15.9 Å². The topological polar surface area (TPSA) is 71.5 Å². The molecule has 1 heterocycles. The molecule has 0 saturated carbocycles. The predicted octanol–water partition coefficient (Wildman–Crippen LogP) is 2.59. The van der Waals surface area contributed by atoms with Gasteiger partial charge >= 0.3 is 5.91 Å². The highest BCUT2D eigenvalue weighted by Gasteiger charge is 2.15. The SMILES string of the molecule is Cc1cc(CN(C)Cc2ccc(Br)cc2)oc1C(=O)NN. The molecule has 0 spiro atoms. The van der Waals surface area contributed by atoms with E-state index < -0.39 is 5.91 Å². The van der Waals surface area contributed by atoms with Gasteiger partial charge in [0.2, 0.25) is 0 Å². The Labute approximate surface area is 132 Å². The molecule has 112 valence electrons. The molecule has 0 atom stereocenters. The quantitative estimate of drug-likeness (QED) is 0.493. The van der Waals surface area contributed by atoms with E-state index in [0.29, 0.717) is 6.54 Å². The Bertz CT molecular complexity index is 622. The molecule has 0 saturated heterocycles. The number of nitrogens with two attached hydrogens (primary N) is 1. The van der Waals surface area contributed by atoms with Gasteiger partial charge in [-0.15, -0.1) is 0 Å². The summed E-state index contributed by atoms with van der Waals surface area (Å²) in [5.41, 5.74) is 4.08. The van der Waals surface area contributed by atoms with Gasteiger partial charge in [0.05, 0.1) is 6.54 Å². The Morgan fingerprint density at radius 3 is 2.62 bits per heavy atom. The summed E-state index contributed by atoms with van der Waals surface area (Å²) in [6, 6.07) is 10.0. The van der Waals surface area contributed by atoms with E-state index in [1.54, 1.807) is 0 Å². The monoisotopic (exact) mass is 351 g/mol. The minimum atomic E-state index is -0.408. The number of hydrazine groups is 1. The van der Waals surface area contributed by atoms with Crippen molar-refractivity contribution in [1.82, 2.24) is 10.3 Å². The van der Waals surface area contributed by atoms with Gasteiger partial charge in [0, 0.05) is 16.6 Å². The lowest BCUT2D eigenvalue weighted by atomic mass is 10.2. The third kappa shape index (κ3) is 4.17. The second-order valence-corrected chi connectivity index (χ2v) is 5.91. The highest BCUT2D eigenvalue weighted by Crippen LogP contribution is 2.17. The Kier molecular flexibility index (Phi) is 5.17. The first-order chi connectivity index (χ1) is 9.99. The van der Waals surface area contributed by atoms with Gasteiger partial charge < -0.3 is 4.42 Å². The molecule has 6 heteroatoms. The maximum atomic E-state index is 11.5. The Balaban J connectivity index is 2.01. The zero-order valence-electron chi connectivity index (χ0n) is 12.0. The zero-order valence-corrected chi connectivity index (χ0v) is 13.6. The van der Waals surface area contributed by atoms with Crippen molar-refractivity contribution < 1.29 is 9.21 Å². The van der Waals surface area contributed by atoms with Crippen LogP contribution in [0.15, 0.2) is 39.2 Å². The van der Waals surface area contributed by atoms with Crippen LogP contribution in [0.2, 0.25) is 0 Å². The number of benzene rings is 1. The molecule has 2 rings (SSSR count). The van der Waals surface area contributed by atoms with E-state index in [1.165, 1.54) is 5.56 Å². The molecule has 0 aliphatic carbocycles. The standard InChI is InChI=1S/C15H18BrN3O2/c1-10-7-13(21-14(10)15(20)18-17)9-19(2)8-11-3-5-12(16)6-4-11/h3-7H,8-9,17H2,1-2H3,(H,18,20). The van der Waals surface area contributed by atoms with Crippen LogP contribution < -0.4 is 11.3 Å². The normalized spacial score (nSPS) is 10.9. The third-order valence-corrected chi connectivity index (χ3v) is 3.63. The Hall–Kier alpha value is -1.63. The van der Waals surface area contributed by atoms with Gasteiger partial charge in [0.1, 0.15) is 5.76 Å². The van der Waals surface area contributed by atoms with Gasteiger partial charge in [-0.1, -0.05) is 28.1 Å². The minimum Gasteiger partial charge on any atom is -0.454 e. The van der Waals surface area contributed by atoms with E-state index in [4.69, 9.17) is 10.3 Å². The van der Waals surface area contributed by atoms with Gasteiger partial charge in [0.15, 0.2) is 5.76 Å². The minimum absolute atomic E-state index is 0.268. The molecule has 1 aromatic heterocycles. The van der Waals surface area contributed by atoms with Crippen LogP contribution in [0.25, 0.3) is 0 Å². The molecule has 3 N–H and O–H groups in total. The summed E-state index contributed by atoms with van der Waals surface area (Å²) < 4.78 is 6.62. The summed E-state index contributed by atoms with van der Waals surface area (Å²) in [5.74, 6) is 5.73. The van der Waals surface area contributed by atoms with Crippen molar-refractivity contribution >= 4 is 21.8 Å². The average Bonchev–Trinajstić information content (AvgIpc) is 2.81. The van der Waals surface area contributed by atoms with Crippen molar-refractivity contribution in [1.29, 1.82) is 0 Å². The molecule has 0 bridgehead atoms. The molecule has 1 aromatic carbocycles. The van der Waals surface area contributed by atoms with E-state index in [9.17, 15) is 4.79 Å². The van der Waals surface area contributed by atoms with Crippen molar-refractivity contribution in [2.45, 2.75) is 20.0 Å². The molecule has 0 fully saturated rings. The number of halogens is 1. The van der Waals surface area contributed by atoms with Crippen molar-refractivity contribution in [3.8, 4) is 0 Å². The van der Waals surface area contributed by atoms with Crippen LogP contribution in [0.4, 0.5) is 0 Å². The maximum absolute atomic E-state index is 11.5. The molecule has 0 aliphatic heterocycles. The van der Waals surface area contributed by atoms with Crippen molar-refractivity contribution in [3.05, 3.63) is 57.5 Å². The molecule has 0 unspecified atom stereocenters. The lowest BCUT2D eigenvalue weighted by Crippen LogP contribution is -2.30. The highest BCUT2D eigenvalue weighted by molar-refractivity contribution is 9.10. The summed E-state index contributed by atoms with van der Waals surface area (Å²) in [5, 5.41) is 0. The van der Waals surface area contributed by atoms with Crippen LogP contribution in [-0.4, -0.2) is 17.9 Å². The molecule has 5 nitrogen and oxygen atoms in total. The number of hydrogen-bond donors (Lipinski definition) is 2. The number of hydrogen-bond acceptors (Lipinski definition) is 4. The van der Waals surface area contributed by atoms with E-state index in [1.807, 2.05) is 32.2 Å². The average molecular weight is 352 g/mol. The first-order valence-electron chi connectivity index (χ1n) is 6.53. The van der Waals surface area contributed by atoms with E-state index in [-0.39, 0.29) is 5.76 Å². The van der Waals surface area contributed by atoms with Gasteiger partial charge in [-0.2, -0.15) is 0 Å². The van der Waals surface area contributed by atoms with Gasteiger partial charge in [-0.25, -0.2) is 5.84 Å². The molecule has 1 amide bonds. The summed E-state index contributed by atoms with van der Waals surface area (Å²) >= 11 is 3.42. The lowest BCUT2D eigenvalue weighted by Gasteiger charge is -2.15. The third-order valence-electron chi connectivity index (χ3n) is 3.10. The molecular formula is C15H18BrN3O2. The van der Waals surface area contributed by atoms with Crippen LogP contribution in [-0.2, 0) is 13.1 Å². The summed E-state index contributed by atoms with van der Waals surface area (Å²) in [6.45, 7) is 3.24. The van der Waals surface area contributed by atoms with Gasteiger partial charge in [0.25, 0.3) is 0 Å². The van der Waals surface area contributed by atoms with Crippen molar-refractivity contribution in [3.63, 3.8) is 0 Å². The smallest absolute Gasteiger partial charge is 0.301 e. The van der Waals surface area contributed by atoms with Crippen LogP contribution in [0.5, 0.6) is 0 Å². The Morgan fingerprint density at radius 1 is 1.33 bits per heavy atom. The number of nitrogen functional groups attached to an aromatic ring is 1.